The van der Waals surface area contributed by atoms with Gasteiger partial charge in [-0.3, -0.25) is 0 Å². The van der Waals surface area contributed by atoms with E-state index in [-0.39, 0.29) is 5.82 Å². The van der Waals surface area contributed by atoms with Crippen molar-refractivity contribution in [2.45, 2.75) is 52.0 Å². The molecule has 1 aliphatic rings. The van der Waals surface area contributed by atoms with Gasteiger partial charge in [0.25, 0.3) is 0 Å². The molecule has 0 heterocycles. The van der Waals surface area contributed by atoms with Crippen LogP contribution in [0.1, 0.15) is 45.1 Å². The Morgan fingerprint density at radius 2 is 2.11 bits per heavy atom. The zero-order valence-electron chi connectivity index (χ0n) is 12.2. The van der Waals surface area contributed by atoms with E-state index in [1.807, 2.05) is 12.1 Å². The fourth-order valence-corrected chi connectivity index (χ4v) is 3.18. The van der Waals surface area contributed by atoms with E-state index in [2.05, 4.69) is 19.2 Å². The topological polar surface area (TPSA) is 12.0 Å². The highest BCUT2D eigenvalue weighted by molar-refractivity contribution is 5.18. The summed E-state index contributed by atoms with van der Waals surface area (Å²) in [5.41, 5.74) is 0.819. The summed E-state index contributed by atoms with van der Waals surface area (Å²) in [7, 11) is 0. The van der Waals surface area contributed by atoms with E-state index >= 15 is 0 Å². The third-order valence-electron chi connectivity index (χ3n) is 4.28. The first kappa shape index (κ1) is 14.5. The molecule has 1 aliphatic carbocycles. The maximum absolute atomic E-state index is 13.6. The second-order valence-corrected chi connectivity index (χ2v) is 6.24. The van der Waals surface area contributed by atoms with Crippen molar-refractivity contribution in [3.63, 3.8) is 0 Å². The minimum absolute atomic E-state index is 0.0811. The molecule has 1 nitrogen and oxygen atoms in total. The molecular weight excluding hydrogens is 237 g/mol. The van der Waals surface area contributed by atoms with E-state index in [1.54, 1.807) is 12.1 Å². The van der Waals surface area contributed by atoms with Crippen LogP contribution >= 0.6 is 0 Å². The van der Waals surface area contributed by atoms with Gasteiger partial charge in [-0.25, -0.2) is 4.39 Å². The summed E-state index contributed by atoms with van der Waals surface area (Å²) >= 11 is 0. The molecule has 1 aromatic carbocycles. The summed E-state index contributed by atoms with van der Waals surface area (Å²) in [5.74, 6) is 1.61. The smallest absolute Gasteiger partial charge is 0.126 e. The fourth-order valence-electron chi connectivity index (χ4n) is 3.18. The summed E-state index contributed by atoms with van der Waals surface area (Å²) in [4.78, 5) is 0. The molecule has 1 aromatic rings. The van der Waals surface area contributed by atoms with Crippen molar-refractivity contribution in [1.29, 1.82) is 0 Å². The van der Waals surface area contributed by atoms with Crippen LogP contribution in [0.3, 0.4) is 0 Å². The summed E-state index contributed by atoms with van der Waals surface area (Å²) < 4.78 is 13.6. The van der Waals surface area contributed by atoms with E-state index in [0.29, 0.717) is 6.04 Å². The first-order valence-corrected chi connectivity index (χ1v) is 7.62. The lowest BCUT2D eigenvalue weighted by Crippen LogP contribution is -2.34. The highest BCUT2D eigenvalue weighted by Crippen LogP contribution is 2.28. The zero-order valence-corrected chi connectivity index (χ0v) is 12.2. The van der Waals surface area contributed by atoms with E-state index in [9.17, 15) is 4.39 Å². The predicted octanol–water partition coefficient (Wildman–Crippen LogP) is 4.17. The maximum atomic E-state index is 13.6. The number of halogens is 1. The highest BCUT2D eigenvalue weighted by atomic mass is 19.1. The lowest BCUT2D eigenvalue weighted by molar-refractivity contribution is 0.268. The van der Waals surface area contributed by atoms with Crippen LogP contribution in [0.15, 0.2) is 24.3 Å². The van der Waals surface area contributed by atoms with Crippen LogP contribution in [0.4, 0.5) is 4.39 Å². The van der Waals surface area contributed by atoms with Crippen molar-refractivity contribution >= 4 is 0 Å². The van der Waals surface area contributed by atoms with Crippen molar-refractivity contribution in [3.8, 4) is 0 Å². The largest absolute Gasteiger partial charge is 0.314 e. The average Bonchev–Trinajstić information content (AvgIpc) is 2.39. The Morgan fingerprint density at radius 1 is 1.32 bits per heavy atom. The Balaban J connectivity index is 1.75. The van der Waals surface area contributed by atoms with Crippen LogP contribution < -0.4 is 5.32 Å². The standard InChI is InChI=1S/C17H26FN/c1-13-6-5-7-15(10-13)12-19-14(2)11-16-8-3-4-9-17(16)18/h3-4,8-9,13-15,19H,5-7,10-12H2,1-2H3. The Morgan fingerprint density at radius 3 is 2.84 bits per heavy atom. The Bertz CT molecular complexity index is 391. The van der Waals surface area contributed by atoms with Gasteiger partial charge >= 0.3 is 0 Å². The quantitative estimate of drug-likeness (QED) is 0.840. The van der Waals surface area contributed by atoms with Crippen molar-refractivity contribution in [2.24, 2.45) is 11.8 Å². The minimum atomic E-state index is -0.0811. The van der Waals surface area contributed by atoms with Crippen LogP contribution in [0.2, 0.25) is 0 Å². The normalized spacial score (nSPS) is 25.2. The van der Waals surface area contributed by atoms with Crippen LogP contribution in [-0.4, -0.2) is 12.6 Å². The maximum Gasteiger partial charge on any atom is 0.126 e. The molecule has 2 rings (SSSR count). The summed E-state index contributed by atoms with van der Waals surface area (Å²) in [6, 6.07) is 7.43. The van der Waals surface area contributed by atoms with Crippen LogP contribution in [0.25, 0.3) is 0 Å². The molecule has 1 N–H and O–H groups in total. The second kappa shape index (κ2) is 7.04. The third-order valence-corrected chi connectivity index (χ3v) is 4.28. The number of hydrogen-bond acceptors (Lipinski definition) is 1. The van der Waals surface area contributed by atoms with E-state index in [4.69, 9.17) is 0 Å². The zero-order chi connectivity index (χ0) is 13.7. The molecule has 1 saturated carbocycles. The van der Waals surface area contributed by atoms with Crippen molar-refractivity contribution in [1.82, 2.24) is 5.32 Å². The number of benzene rings is 1. The Kier molecular flexibility index (Phi) is 5.38. The summed E-state index contributed by atoms with van der Waals surface area (Å²) in [6.45, 7) is 5.59. The van der Waals surface area contributed by atoms with Crippen LogP contribution in [0.5, 0.6) is 0 Å². The molecule has 0 amide bonds. The molecule has 1 fully saturated rings. The first-order valence-electron chi connectivity index (χ1n) is 7.62. The molecule has 106 valence electrons. The average molecular weight is 263 g/mol. The van der Waals surface area contributed by atoms with Crippen molar-refractivity contribution in [2.75, 3.05) is 6.54 Å². The van der Waals surface area contributed by atoms with Crippen molar-refractivity contribution in [3.05, 3.63) is 35.6 Å². The Hall–Kier alpha value is -0.890. The number of hydrogen-bond donors (Lipinski definition) is 1. The molecule has 3 unspecified atom stereocenters. The molecule has 0 bridgehead atoms. The van der Waals surface area contributed by atoms with Gasteiger partial charge in [0.2, 0.25) is 0 Å². The predicted molar refractivity (Wildman–Crippen MR) is 78.7 cm³/mol. The Labute approximate surface area is 116 Å². The van der Waals surface area contributed by atoms with Gasteiger partial charge in [0.1, 0.15) is 5.82 Å². The lowest BCUT2D eigenvalue weighted by Gasteiger charge is -2.28. The number of rotatable bonds is 5. The third kappa shape index (κ3) is 4.61. The van der Waals surface area contributed by atoms with Crippen LogP contribution in [-0.2, 0) is 6.42 Å². The molecule has 0 aliphatic heterocycles. The molecule has 0 radical (unpaired) electrons. The van der Waals surface area contributed by atoms with Gasteiger partial charge in [0.15, 0.2) is 0 Å². The van der Waals surface area contributed by atoms with Crippen LogP contribution in [0, 0.1) is 17.7 Å². The molecule has 2 heteroatoms. The second-order valence-electron chi connectivity index (χ2n) is 6.24. The molecule has 0 saturated heterocycles. The van der Waals surface area contributed by atoms with Crippen molar-refractivity contribution < 1.29 is 4.39 Å². The van der Waals surface area contributed by atoms with Gasteiger partial charge in [-0.1, -0.05) is 38.0 Å². The summed E-state index contributed by atoms with van der Waals surface area (Å²) in [6.07, 6.45) is 6.23. The van der Waals surface area contributed by atoms with Gasteiger partial charge < -0.3 is 5.32 Å². The van der Waals surface area contributed by atoms with E-state index in [0.717, 1.165) is 30.4 Å². The molecule has 19 heavy (non-hydrogen) atoms. The lowest BCUT2D eigenvalue weighted by atomic mass is 9.82. The SMILES string of the molecule is CC1CCCC(CNC(C)Cc2ccccc2F)C1. The fraction of sp³-hybridized carbons (Fsp3) is 0.647. The minimum Gasteiger partial charge on any atom is -0.314 e. The van der Waals surface area contributed by atoms with Gasteiger partial charge in [-0.05, 0) is 56.2 Å². The molecule has 0 spiro atoms. The van der Waals surface area contributed by atoms with E-state index < -0.39 is 0 Å². The highest BCUT2D eigenvalue weighted by Gasteiger charge is 2.19. The van der Waals surface area contributed by atoms with Gasteiger partial charge in [-0.15, -0.1) is 0 Å². The van der Waals surface area contributed by atoms with Gasteiger partial charge in [0, 0.05) is 6.04 Å². The monoisotopic (exact) mass is 263 g/mol. The van der Waals surface area contributed by atoms with Gasteiger partial charge in [0.05, 0.1) is 0 Å². The summed E-state index contributed by atoms with van der Waals surface area (Å²) in [5, 5.41) is 3.58. The number of nitrogens with one attached hydrogen (secondary N) is 1. The first-order chi connectivity index (χ1) is 9.15. The molecule has 0 aromatic heterocycles. The van der Waals surface area contributed by atoms with E-state index in [1.165, 1.54) is 25.7 Å². The van der Waals surface area contributed by atoms with Gasteiger partial charge in [-0.2, -0.15) is 0 Å². The molecule has 3 atom stereocenters. The molecular formula is C17H26FN.